The second-order valence-electron chi connectivity index (χ2n) is 6.71. The Morgan fingerprint density at radius 1 is 1.07 bits per heavy atom. The molecule has 0 N–H and O–H groups in total. The van der Waals surface area contributed by atoms with Crippen LogP contribution in [0, 0.1) is 0 Å². The number of carbonyl (C=O) groups excluding carboxylic acids is 2. The zero-order chi connectivity index (χ0) is 19.5. The minimum atomic E-state index is -1.16. The number of hydrazone groups is 1. The molecular weight excluding hydrogens is 360 g/mol. The molecule has 1 amide bonds. The van der Waals surface area contributed by atoms with Crippen LogP contribution in [-0.4, -0.2) is 29.4 Å². The highest BCUT2D eigenvalue weighted by Crippen LogP contribution is 2.39. The minimum Gasteiger partial charge on any atom is -0.550 e. The van der Waals surface area contributed by atoms with Crippen LogP contribution in [0.5, 0.6) is 11.5 Å². The van der Waals surface area contributed by atoms with Gasteiger partial charge in [-0.1, -0.05) is 36.4 Å². The average Bonchev–Trinajstić information content (AvgIpc) is 3.35. The summed E-state index contributed by atoms with van der Waals surface area (Å²) in [4.78, 5) is 23.4. The van der Waals surface area contributed by atoms with Crippen molar-refractivity contribution in [3.8, 4) is 11.5 Å². The number of fused-ring (bicyclic) bond motifs is 1. The molecular formula is C21H19N2O5-. The molecule has 2 aliphatic rings. The van der Waals surface area contributed by atoms with E-state index in [4.69, 9.17) is 9.47 Å². The zero-order valence-electron chi connectivity index (χ0n) is 15.2. The molecule has 144 valence electrons. The van der Waals surface area contributed by atoms with Crippen LogP contribution in [0.25, 0.3) is 0 Å². The first-order valence-corrected chi connectivity index (χ1v) is 9.16. The van der Waals surface area contributed by atoms with Gasteiger partial charge in [0.05, 0.1) is 11.8 Å². The minimum absolute atomic E-state index is 0.0978. The van der Waals surface area contributed by atoms with Gasteiger partial charge in [0.15, 0.2) is 11.5 Å². The Hall–Kier alpha value is -3.35. The Balaban J connectivity index is 1.60. The number of nitrogens with zero attached hydrogens (tertiary/aromatic N) is 2. The number of aliphatic carboxylic acids is 1. The summed E-state index contributed by atoms with van der Waals surface area (Å²) in [5.41, 5.74) is 2.67. The van der Waals surface area contributed by atoms with Crippen LogP contribution in [0.15, 0.2) is 53.6 Å². The third-order valence-electron chi connectivity index (χ3n) is 4.83. The van der Waals surface area contributed by atoms with E-state index in [0.29, 0.717) is 17.9 Å². The number of rotatable bonds is 6. The summed E-state index contributed by atoms with van der Waals surface area (Å²) in [6.45, 7) is 0.182. The van der Waals surface area contributed by atoms with Gasteiger partial charge in [0.2, 0.25) is 12.7 Å². The number of ether oxygens (including phenoxy) is 2. The lowest BCUT2D eigenvalue weighted by molar-refractivity contribution is -0.305. The number of amides is 1. The van der Waals surface area contributed by atoms with E-state index >= 15 is 0 Å². The van der Waals surface area contributed by atoms with Crippen LogP contribution in [-0.2, 0) is 9.59 Å². The molecule has 7 heteroatoms. The highest BCUT2D eigenvalue weighted by atomic mass is 16.7. The molecule has 0 radical (unpaired) electrons. The third-order valence-corrected chi connectivity index (χ3v) is 4.83. The molecule has 0 unspecified atom stereocenters. The van der Waals surface area contributed by atoms with E-state index in [1.165, 1.54) is 5.01 Å². The Morgan fingerprint density at radius 2 is 1.86 bits per heavy atom. The van der Waals surface area contributed by atoms with Gasteiger partial charge in [-0.25, -0.2) is 5.01 Å². The highest BCUT2D eigenvalue weighted by Gasteiger charge is 2.33. The topological polar surface area (TPSA) is 91.3 Å². The van der Waals surface area contributed by atoms with Crippen molar-refractivity contribution in [2.45, 2.75) is 31.7 Å². The first-order valence-electron chi connectivity index (χ1n) is 9.16. The summed E-state index contributed by atoms with van der Waals surface area (Å²) in [5, 5.41) is 16.7. The second kappa shape index (κ2) is 7.72. The fourth-order valence-corrected chi connectivity index (χ4v) is 3.42. The first kappa shape index (κ1) is 18.0. The Kier molecular flexibility index (Phi) is 4.97. The average molecular weight is 379 g/mol. The summed E-state index contributed by atoms with van der Waals surface area (Å²) >= 11 is 0. The first-order chi connectivity index (χ1) is 13.6. The lowest BCUT2D eigenvalue weighted by Gasteiger charge is -2.22. The third kappa shape index (κ3) is 3.69. The molecule has 2 aliphatic heterocycles. The SMILES string of the molecule is O=C([O-])CCCC(=O)N1N=C(c2ccccc2)C[C@@H]1c1ccc2c(c1)OCO2. The summed E-state index contributed by atoms with van der Waals surface area (Å²) in [6, 6.07) is 15.0. The molecule has 0 aliphatic carbocycles. The van der Waals surface area contributed by atoms with E-state index in [9.17, 15) is 14.7 Å². The molecule has 0 saturated heterocycles. The van der Waals surface area contributed by atoms with E-state index in [2.05, 4.69) is 5.10 Å². The highest BCUT2D eigenvalue weighted by molar-refractivity contribution is 6.03. The molecule has 2 heterocycles. The molecule has 0 bridgehead atoms. The molecule has 2 aromatic carbocycles. The molecule has 1 atom stereocenters. The number of carboxylic acid groups (broad SMARTS) is 1. The van der Waals surface area contributed by atoms with Gasteiger partial charge in [-0.15, -0.1) is 0 Å². The van der Waals surface area contributed by atoms with Gasteiger partial charge in [-0.2, -0.15) is 5.10 Å². The summed E-state index contributed by atoms with van der Waals surface area (Å²) in [6.07, 6.45) is 0.738. The van der Waals surface area contributed by atoms with Crippen LogP contribution in [0.3, 0.4) is 0 Å². The van der Waals surface area contributed by atoms with Gasteiger partial charge in [-0.05, 0) is 36.1 Å². The van der Waals surface area contributed by atoms with Gasteiger partial charge >= 0.3 is 0 Å². The van der Waals surface area contributed by atoms with E-state index in [0.717, 1.165) is 16.8 Å². The number of hydrogen-bond acceptors (Lipinski definition) is 6. The van der Waals surface area contributed by atoms with Crippen LogP contribution in [0.1, 0.15) is 42.9 Å². The molecule has 7 nitrogen and oxygen atoms in total. The Bertz CT molecular complexity index is 926. The van der Waals surface area contributed by atoms with Gasteiger partial charge in [-0.3, -0.25) is 4.79 Å². The number of hydrogen-bond donors (Lipinski definition) is 0. The predicted molar refractivity (Wildman–Crippen MR) is 98.6 cm³/mol. The molecule has 0 spiro atoms. The maximum Gasteiger partial charge on any atom is 0.243 e. The molecule has 2 aromatic rings. The van der Waals surface area contributed by atoms with Crippen molar-refractivity contribution < 1.29 is 24.2 Å². The quantitative estimate of drug-likeness (QED) is 0.766. The molecule has 4 rings (SSSR count). The smallest absolute Gasteiger partial charge is 0.243 e. The number of carboxylic acids is 1. The van der Waals surface area contributed by atoms with E-state index in [1.54, 1.807) is 0 Å². The van der Waals surface area contributed by atoms with E-state index in [1.807, 2.05) is 48.5 Å². The van der Waals surface area contributed by atoms with Gasteiger partial charge in [0, 0.05) is 18.8 Å². The van der Waals surface area contributed by atoms with Gasteiger partial charge in [0.1, 0.15) is 0 Å². The molecule has 0 aromatic heterocycles. The maximum absolute atomic E-state index is 12.8. The monoisotopic (exact) mass is 379 g/mol. The van der Waals surface area contributed by atoms with Crippen molar-refractivity contribution in [3.63, 3.8) is 0 Å². The molecule has 0 fully saturated rings. The predicted octanol–water partition coefficient (Wildman–Crippen LogP) is 2.01. The molecule has 28 heavy (non-hydrogen) atoms. The standard InChI is InChI=1S/C21H20N2O5/c24-20(7-4-8-21(25)26)23-17(12-16(22-23)14-5-2-1-3-6-14)15-9-10-18-19(11-15)28-13-27-18/h1-3,5-6,9-11,17H,4,7-8,12-13H2,(H,25,26)/p-1/t17-/m1/s1. The van der Waals surface area contributed by atoms with Gasteiger partial charge in [0.25, 0.3) is 0 Å². The Labute approximate surface area is 162 Å². The van der Waals surface area contributed by atoms with E-state index < -0.39 is 5.97 Å². The fraction of sp³-hybridized carbons (Fsp3) is 0.286. The lowest BCUT2D eigenvalue weighted by Crippen LogP contribution is -2.28. The van der Waals surface area contributed by atoms with Crippen LogP contribution in [0.2, 0.25) is 0 Å². The van der Waals surface area contributed by atoms with Crippen molar-refractivity contribution >= 4 is 17.6 Å². The second-order valence-corrected chi connectivity index (χ2v) is 6.71. The van der Waals surface area contributed by atoms with Gasteiger partial charge < -0.3 is 19.4 Å². The fourth-order valence-electron chi connectivity index (χ4n) is 3.42. The van der Waals surface area contributed by atoms with Crippen LogP contribution >= 0.6 is 0 Å². The number of benzene rings is 2. The normalized spacial score (nSPS) is 17.5. The largest absolute Gasteiger partial charge is 0.550 e. The van der Waals surface area contributed by atoms with Crippen LogP contribution < -0.4 is 14.6 Å². The number of carbonyl (C=O) groups is 2. The van der Waals surface area contributed by atoms with Crippen molar-refractivity contribution in [2.24, 2.45) is 5.10 Å². The van der Waals surface area contributed by atoms with Crippen LogP contribution in [0.4, 0.5) is 0 Å². The molecule has 0 saturated carbocycles. The van der Waals surface area contributed by atoms with Crippen molar-refractivity contribution in [1.82, 2.24) is 5.01 Å². The van der Waals surface area contributed by atoms with Crippen molar-refractivity contribution in [3.05, 3.63) is 59.7 Å². The van der Waals surface area contributed by atoms with Crippen molar-refractivity contribution in [2.75, 3.05) is 6.79 Å². The zero-order valence-corrected chi connectivity index (χ0v) is 15.2. The summed E-state index contributed by atoms with van der Waals surface area (Å²) < 4.78 is 10.8. The Morgan fingerprint density at radius 3 is 2.64 bits per heavy atom. The lowest BCUT2D eigenvalue weighted by atomic mass is 9.98. The van der Waals surface area contributed by atoms with E-state index in [-0.39, 0.29) is 38.0 Å². The summed E-state index contributed by atoms with van der Waals surface area (Å²) in [7, 11) is 0. The van der Waals surface area contributed by atoms with Crippen molar-refractivity contribution in [1.29, 1.82) is 0 Å². The maximum atomic E-state index is 12.8. The summed E-state index contributed by atoms with van der Waals surface area (Å²) in [5.74, 6) is -0.0438.